The van der Waals surface area contributed by atoms with E-state index in [4.69, 9.17) is 0 Å². The molecule has 3 aromatic rings. The lowest BCUT2D eigenvalue weighted by Gasteiger charge is -2.20. The summed E-state index contributed by atoms with van der Waals surface area (Å²) in [5.41, 5.74) is 0.662. The molecule has 4 rings (SSSR count). The summed E-state index contributed by atoms with van der Waals surface area (Å²) in [6, 6.07) is 9.34. The number of anilines is 1. The predicted molar refractivity (Wildman–Crippen MR) is 103 cm³/mol. The molecular formula is C19H23N5O3. The highest BCUT2D eigenvalue weighted by atomic mass is 16.3. The van der Waals surface area contributed by atoms with Crippen molar-refractivity contribution in [3.8, 4) is 0 Å². The van der Waals surface area contributed by atoms with Crippen molar-refractivity contribution in [1.29, 1.82) is 0 Å². The maximum atomic E-state index is 12.9. The number of fused-ring (bicyclic) bond motifs is 1. The van der Waals surface area contributed by atoms with Gasteiger partial charge >= 0.3 is 5.69 Å². The monoisotopic (exact) mass is 369 g/mol. The number of aryl methyl sites for hydroxylation is 1. The third-order valence-corrected chi connectivity index (χ3v) is 5.26. The Morgan fingerprint density at radius 3 is 2.41 bits per heavy atom. The number of benzene rings is 1. The Labute approximate surface area is 155 Å². The van der Waals surface area contributed by atoms with Gasteiger partial charge in [-0.25, -0.2) is 4.79 Å². The van der Waals surface area contributed by atoms with Crippen molar-refractivity contribution in [1.82, 2.24) is 18.7 Å². The number of nitrogens with zero attached hydrogens (tertiary/aromatic N) is 5. The van der Waals surface area contributed by atoms with Gasteiger partial charge in [0.15, 0.2) is 11.2 Å². The quantitative estimate of drug-likeness (QED) is 0.734. The summed E-state index contributed by atoms with van der Waals surface area (Å²) in [6.45, 7) is 1.89. The van der Waals surface area contributed by atoms with Gasteiger partial charge in [0.05, 0.1) is 12.6 Å². The van der Waals surface area contributed by atoms with Gasteiger partial charge in [0.25, 0.3) is 5.56 Å². The first kappa shape index (κ1) is 17.5. The Morgan fingerprint density at radius 1 is 1.07 bits per heavy atom. The molecule has 1 aliphatic heterocycles. The zero-order valence-corrected chi connectivity index (χ0v) is 15.5. The summed E-state index contributed by atoms with van der Waals surface area (Å²) >= 11 is 0. The van der Waals surface area contributed by atoms with E-state index >= 15 is 0 Å². The van der Waals surface area contributed by atoms with Crippen molar-refractivity contribution in [3.63, 3.8) is 0 Å². The fourth-order valence-electron chi connectivity index (χ4n) is 3.72. The molecule has 3 heterocycles. The lowest BCUT2D eigenvalue weighted by molar-refractivity contribution is 0.158. The van der Waals surface area contributed by atoms with Gasteiger partial charge in [-0.05, 0) is 18.4 Å². The predicted octanol–water partition coefficient (Wildman–Crippen LogP) is 0.767. The minimum Gasteiger partial charge on any atom is -0.387 e. The standard InChI is InChI=1S/C19H23N5O3/c1-21-16-15(17(26)22(2)19(21)27)24(18(20-16)23-10-6-7-11-23)12-14(25)13-8-4-3-5-9-13/h3-5,8-9,14,25H,6-7,10-12H2,1-2H3/t14-/m0/s1. The van der Waals surface area contributed by atoms with E-state index in [9.17, 15) is 14.7 Å². The molecule has 1 aromatic carbocycles. The van der Waals surface area contributed by atoms with Crippen LogP contribution in [0.25, 0.3) is 11.2 Å². The van der Waals surface area contributed by atoms with Crippen molar-refractivity contribution in [2.45, 2.75) is 25.5 Å². The Kier molecular flexibility index (Phi) is 4.35. The average Bonchev–Trinajstić information content (AvgIpc) is 3.33. The summed E-state index contributed by atoms with van der Waals surface area (Å²) in [4.78, 5) is 31.9. The van der Waals surface area contributed by atoms with Crippen molar-refractivity contribution in [2.75, 3.05) is 18.0 Å². The first-order chi connectivity index (χ1) is 13.0. The van der Waals surface area contributed by atoms with E-state index in [-0.39, 0.29) is 6.54 Å². The number of aliphatic hydroxyl groups is 1. The highest BCUT2D eigenvalue weighted by Gasteiger charge is 2.25. The van der Waals surface area contributed by atoms with Gasteiger partial charge in [-0.3, -0.25) is 13.9 Å². The third kappa shape index (κ3) is 2.86. The van der Waals surface area contributed by atoms with E-state index in [2.05, 4.69) is 9.88 Å². The Morgan fingerprint density at radius 2 is 1.74 bits per heavy atom. The molecule has 27 heavy (non-hydrogen) atoms. The molecule has 0 aliphatic carbocycles. The van der Waals surface area contributed by atoms with Gasteiger partial charge in [-0.2, -0.15) is 4.98 Å². The van der Waals surface area contributed by atoms with Crippen LogP contribution >= 0.6 is 0 Å². The fraction of sp³-hybridized carbons (Fsp3) is 0.421. The SMILES string of the molecule is Cn1c(=O)c2c(nc(N3CCCC3)n2C[C@H](O)c2ccccc2)n(C)c1=O. The van der Waals surface area contributed by atoms with Crippen LogP contribution in [-0.4, -0.2) is 36.9 Å². The van der Waals surface area contributed by atoms with Crippen LogP contribution < -0.4 is 16.1 Å². The highest BCUT2D eigenvalue weighted by molar-refractivity contribution is 5.74. The smallest absolute Gasteiger partial charge is 0.332 e. The molecule has 2 aromatic heterocycles. The van der Waals surface area contributed by atoms with Gasteiger partial charge in [0, 0.05) is 27.2 Å². The average molecular weight is 369 g/mol. The molecular weight excluding hydrogens is 346 g/mol. The maximum Gasteiger partial charge on any atom is 0.332 e. The molecule has 1 atom stereocenters. The molecule has 0 radical (unpaired) electrons. The minimum atomic E-state index is -0.785. The van der Waals surface area contributed by atoms with E-state index in [1.165, 1.54) is 11.6 Å². The minimum absolute atomic E-state index is 0.194. The zero-order chi connectivity index (χ0) is 19.1. The molecule has 8 heteroatoms. The normalized spacial score (nSPS) is 15.6. The van der Waals surface area contributed by atoms with Gasteiger partial charge < -0.3 is 14.6 Å². The Hall–Kier alpha value is -2.87. The first-order valence-corrected chi connectivity index (χ1v) is 9.13. The Bertz CT molecular complexity index is 1090. The zero-order valence-electron chi connectivity index (χ0n) is 15.5. The van der Waals surface area contributed by atoms with Crippen LogP contribution in [0.1, 0.15) is 24.5 Å². The van der Waals surface area contributed by atoms with Crippen molar-refractivity contribution >= 4 is 17.1 Å². The van der Waals surface area contributed by atoms with Crippen LogP contribution in [0.5, 0.6) is 0 Å². The van der Waals surface area contributed by atoms with Crippen molar-refractivity contribution in [3.05, 3.63) is 56.7 Å². The van der Waals surface area contributed by atoms with E-state index in [0.29, 0.717) is 17.1 Å². The molecule has 0 spiro atoms. The molecule has 0 amide bonds. The van der Waals surface area contributed by atoms with E-state index in [1.54, 1.807) is 11.6 Å². The maximum absolute atomic E-state index is 12.9. The largest absolute Gasteiger partial charge is 0.387 e. The lowest BCUT2D eigenvalue weighted by Crippen LogP contribution is -2.37. The first-order valence-electron chi connectivity index (χ1n) is 9.13. The second kappa shape index (κ2) is 6.70. The number of hydrogen-bond donors (Lipinski definition) is 1. The van der Waals surface area contributed by atoms with Crippen LogP contribution in [0.3, 0.4) is 0 Å². The fourth-order valence-corrected chi connectivity index (χ4v) is 3.72. The molecule has 0 unspecified atom stereocenters. The number of aromatic nitrogens is 4. The van der Waals surface area contributed by atoms with E-state index in [0.717, 1.165) is 36.1 Å². The van der Waals surface area contributed by atoms with Crippen LogP contribution in [-0.2, 0) is 20.6 Å². The van der Waals surface area contributed by atoms with Gasteiger partial charge in [-0.1, -0.05) is 30.3 Å². The highest BCUT2D eigenvalue weighted by Crippen LogP contribution is 2.26. The molecule has 8 nitrogen and oxygen atoms in total. The van der Waals surface area contributed by atoms with Crippen molar-refractivity contribution in [2.24, 2.45) is 14.1 Å². The summed E-state index contributed by atoms with van der Waals surface area (Å²) in [7, 11) is 3.08. The second-order valence-corrected chi connectivity index (χ2v) is 7.02. The second-order valence-electron chi connectivity index (χ2n) is 7.02. The number of rotatable bonds is 4. The molecule has 1 saturated heterocycles. The Balaban J connectivity index is 1.92. The topological polar surface area (TPSA) is 85.3 Å². The van der Waals surface area contributed by atoms with E-state index < -0.39 is 17.4 Å². The van der Waals surface area contributed by atoms with E-state index in [1.807, 2.05) is 30.3 Å². The molecule has 0 bridgehead atoms. The van der Waals surface area contributed by atoms with Crippen molar-refractivity contribution < 1.29 is 5.11 Å². The summed E-state index contributed by atoms with van der Waals surface area (Å²) in [6.07, 6.45) is 1.33. The van der Waals surface area contributed by atoms with Gasteiger partial charge in [-0.15, -0.1) is 0 Å². The lowest BCUT2D eigenvalue weighted by atomic mass is 10.1. The molecule has 0 saturated carbocycles. The van der Waals surface area contributed by atoms with Gasteiger partial charge in [0.1, 0.15) is 0 Å². The number of imidazole rings is 1. The van der Waals surface area contributed by atoms with Crippen LogP contribution in [0, 0.1) is 0 Å². The third-order valence-electron chi connectivity index (χ3n) is 5.26. The summed E-state index contributed by atoms with van der Waals surface area (Å²) < 4.78 is 4.24. The number of hydrogen-bond acceptors (Lipinski definition) is 5. The summed E-state index contributed by atoms with van der Waals surface area (Å²) in [5, 5.41) is 10.8. The van der Waals surface area contributed by atoms with Crippen LogP contribution in [0.2, 0.25) is 0 Å². The molecule has 142 valence electrons. The molecule has 1 N–H and O–H groups in total. The summed E-state index contributed by atoms with van der Waals surface area (Å²) in [5.74, 6) is 0.635. The molecule has 1 aliphatic rings. The van der Waals surface area contributed by atoms with Crippen LogP contribution in [0.15, 0.2) is 39.9 Å². The van der Waals surface area contributed by atoms with Gasteiger partial charge in [0.2, 0.25) is 5.95 Å². The van der Waals surface area contributed by atoms with Crippen LogP contribution in [0.4, 0.5) is 5.95 Å². The number of aliphatic hydroxyl groups excluding tert-OH is 1. The molecule has 1 fully saturated rings.